The van der Waals surface area contributed by atoms with Gasteiger partial charge in [0.05, 0.1) is 19.6 Å². The summed E-state index contributed by atoms with van der Waals surface area (Å²) < 4.78 is 6.83. The van der Waals surface area contributed by atoms with Crippen molar-refractivity contribution in [2.45, 2.75) is 33.0 Å². The van der Waals surface area contributed by atoms with Crippen LogP contribution in [-0.2, 0) is 22.6 Å². The van der Waals surface area contributed by atoms with E-state index in [1.807, 2.05) is 18.4 Å². The fourth-order valence-electron chi connectivity index (χ4n) is 2.13. The molecule has 0 amide bonds. The van der Waals surface area contributed by atoms with Crippen LogP contribution in [0.15, 0.2) is 6.33 Å². The molecule has 1 aromatic heterocycles. The number of methoxy groups -OCH3 is 1. The summed E-state index contributed by atoms with van der Waals surface area (Å²) in [5.74, 6) is 0.666. The second kappa shape index (κ2) is 4.83. The molecule has 2 atom stereocenters. The first-order chi connectivity index (χ1) is 8.13. The highest BCUT2D eigenvalue weighted by molar-refractivity contribution is 5.72. The first-order valence-electron chi connectivity index (χ1n) is 5.82. The SMILES string of the molecule is COC(=O)C(C)C(C)N1CCn2cnnc2C1. The van der Waals surface area contributed by atoms with E-state index in [0.717, 1.165) is 25.5 Å². The number of rotatable bonds is 3. The van der Waals surface area contributed by atoms with Gasteiger partial charge in [-0.25, -0.2) is 0 Å². The van der Waals surface area contributed by atoms with Gasteiger partial charge in [0.1, 0.15) is 12.2 Å². The van der Waals surface area contributed by atoms with Crippen LogP contribution in [0.2, 0.25) is 0 Å². The van der Waals surface area contributed by atoms with Crippen LogP contribution in [0.4, 0.5) is 0 Å². The smallest absolute Gasteiger partial charge is 0.309 e. The van der Waals surface area contributed by atoms with Gasteiger partial charge in [-0.05, 0) is 6.92 Å². The summed E-state index contributed by atoms with van der Waals surface area (Å²) in [6, 6.07) is 0.146. The highest BCUT2D eigenvalue weighted by Crippen LogP contribution is 2.18. The molecule has 1 aliphatic heterocycles. The van der Waals surface area contributed by atoms with E-state index < -0.39 is 0 Å². The topological polar surface area (TPSA) is 60.2 Å². The van der Waals surface area contributed by atoms with E-state index >= 15 is 0 Å². The van der Waals surface area contributed by atoms with Gasteiger partial charge in [0, 0.05) is 19.1 Å². The normalized spacial score (nSPS) is 19.5. The van der Waals surface area contributed by atoms with Gasteiger partial charge in [0.2, 0.25) is 0 Å². The number of fused-ring (bicyclic) bond motifs is 1. The molecule has 0 saturated heterocycles. The van der Waals surface area contributed by atoms with Gasteiger partial charge in [-0.3, -0.25) is 9.69 Å². The lowest BCUT2D eigenvalue weighted by Crippen LogP contribution is -2.44. The highest BCUT2D eigenvalue weighted by Gasteiger charge is 2.29. The summed E-state index contributed by atoms with van der Waals surface area (Å²) in [5.41, 5.74) is 0. The van der Waals surface area contributed by atoms with Crippen LogP contribution >= 0.6 is 0 Å². The third kappa shape index (κ3) is 2.31. The minimum atomic E-state index is -0.162. The maximum Gasteiger partial charge on any atom is 0.309 e. The Kier molecular flexibility index (Phi) is 3.42. The summed E-state index contributed by atoms with van der Waals surface area (Å²) in [6.45, 7) is 6.47. The molecule has 6 nitrogen and oxygen atoms in total. The van der Waals surface area contributed by atoms with Crippen molar-refractivity contribution in [2.24, 2.45) is 5.92 Å². The Morgan fingerprint density at radius 3 is 2.94 bits per heavy atom. The first kappa shape index (κ1) is 12.0. The molecular formula is C11H18N4O2. The Hall–Kier alpha value is -1.43. The quantitative estimate of drug-likeness (QED) is 0.708. The molecule has 0 N–H and O–H groups in total. The van der Waals surface area contributed by atoms with Gasteiger partial charge in [0.25, 0.3) is 0 Å². The third-order valence-electron chi connectivity index (χ3n) is 3.54. The number of esters is 1. The van der Waals surface area contributed by atoms with Crippen LogP contribution in [0.3, 0.4) is 0 Å². The zero-order valence-corrected chi connectivity index (χ0v) is 10.5. The Morgan fingerprint density at radius 1 is 1.47 bits per heavy atom. The standard InChI is InChI=1S/C11H18N4O2/c1-8(11(16)17-3)9(2)14-4-5-15-7-12-13-10(15)6-14/h7-9H,4-6H2,1-3H3. The Labute approximate surface area is 101 Å². The van der Waals surface area contributed by atoms with Crippen molar-refractivity contribution in [3.8, 4) is 0 Å². The lowest BCUT2D eigenvalue weighted by Gasteiger charge is -2.34. The molecular weight excluding hydrogens is 220 g/mol. The molecule has 94 valence electrons. The highest BCUT2D eigenvalue weighted by atomic mass is 16.5. The van der Waals surface area contributed by atoms with Crippen molar-refractivity contribution in [1.82, 2.24) is 19.7 Å². The second-order valence-electron chi connectivity index (χ2n) is 4.46. The largest absolute Gasteiger partial charge is 0.469 e. The molecule has 0 spiro atoms. The Balaban J connectivity index is 2.03. The molecule has 2 unspecified atom stereocenters. The molecule has 1 aromatic rings. The third-order valence-corrected chi connectivity index (χ3v) is 3.54. The minimum Gasteiger partial charge on any atom is -0.469 e. The van der Waals surface area contributed by atoms with Crippen molar-refractivity contribution < 1.29 is 9.53 Å². The van der Waals surface area contributed by atoms with Gasteiger partial charge in [-0.1, -0.05) is 6.92 Å². The predicted molar refractivity (Wildman–Crippen MR) is 61.1 cm³/mol. The number of ether oxygens (including phenoxy) is 1. The van der Waals surface area contributed by atoms with Crippen LogP contribution < -0.4 is 0 Å². The summed E-state index contributed by atoms with van der Waals surface area (Å²) in [6.07, 6.45) is 1.75. The van der Waals surface area contributed by atoms with Gasteiger partial charge in [-0.15, -0.1) is 10.2 Å². The molecule has 0 fully saturated rings. The van der Waals surface area contributed by atoms with Crippen LogP contribution in [-0.4, -0.2) is 45.3 Å². The maximum atomic E-state index is 11.5. The molecule has 2 heterocycles. The average Bonchev–Trinajstić information content (AvgIpc) is 2.83. The Morgan fingerprint density at radius 2 is 2.24 bits per heavy atom. The van der Waals surface area contributed by atoms with Crippen LogP contribution in [0.1, 0.15) is 19.7 Å². The van der Waals surface area contributed by atoms with Crippen molar-refractivity contribution in [1.29, 1.82) is 0 Å². The molecule has 2 rings (SSSR count). The van der Waals surface area contributed by atoms with Gasteiger partial charge in [0.15, 0.2) is 0 Å². The van der Waals surface area contributed by atoms with Crippen molar-refractivity contribution in [2.75, 3.05) is 13.7 Å². The number of carbonyl (C=O) groups excluding carboxylic acids is 1. The molecule has 0 bridgehead atoms. The van der Waals surface area contributed by atoms with Crippen molar-refractivity contribution in [3.05, 3.63) is 12.2 Å². The number of hydrogen-bond donors (Lipinski definition) is 0. The molecule has 0 aromatic carbocycles. The maximum absolute atomic E-state index is 11.5. The summed E-state index contributed by atoms with van der Waals surface area (Å²) >= 11 is 0. The van der Waals surface area contributed by atoms with E-state index in [-0.39, 0.29) is 17.9 Å². The molecule has 0 saturated carbocycles. The van der Waals surface area contributed by atoms with Crippen LogP contribution in [0, 0.1) is 5.92 Å². The van der Waals surface area contributed by atoms with E-state index in [0.29, 0.717) is 0 Å². The molecule has 0 radical (unpaired) electrons. The van der Waals surface area contributed by atoms with E-state index in [1.54, 1.807) is 6.33 Å². The summed E-state index contributed by atoms with van der Waals surface area (Å²) in [7, 11) is 1.43. The Bertz CT molecular complexity index is 404. The average molecular weight is 238 g/mol. The van der Waals surface area contributed by atoms with E-state index in [4.69, 9.17) is 4.74 Å². The van der Waals surface area contributed by atoms with Crippen LogP contribution in [0.25, 0.3) is 0 Å². The van der Waals surface area contributed by atoms with Crippen molar-refractivity contribution >= 4 is 5.97 Å². The van der Waals surface area contributed by atoms with Crippen molar-refractivity contribution in [3.63, 3.8) is 0 Å². The number of nitrogens with zero attached hydrogens (tertiary/aromatic N) is 4. The second-order valence-corrected chi connectivity index (χ2v) is 4.46. The predicted octanol–water partition coefficient (Wildman–Crippen LogP) is 0.291. The van der Waals surface area contributed by atoms with Gasteiger partial charge >= 0.3 is 5.97 Å². The zero-order chi connectivity index (χ0) is 12.4. The number of carbonyl (C=O) groups is 1. The number of hydrogen-bond acceptors (Lipinski definition) is 5. The van der Waals surface area contributed by atoms with Crippen LogP contribution in [0.5, 0.6) is 0 Å². The summed E-state index contributed by atoms with van der Waals surface area (Å²) in [5, 5.41) is 7.96. The summed E-state index contributed by atoms with van der Waals surface area (Å²) in [4.78, 5) is 13.8. The molecule has 0 aliphatic carbocycles. The monoisotopic (exact) mass is 238 g/mol. The molecule has 17 heavy (non-hydrogen) atoms. The fourth-order valence-corrected chi connectivity index (χ4v) is 2.13. The van der Waals surface area contributed by atoms with E-state index in [9.17, 15) is 4.79 Å². The lowest BCUT2D eigenvalue weighted by molar-refractivity contribution is -0.147. The van der Waals surface area contributed by atoms with E-state index in [2.05, 4.69) is 15.1 Å². The lowest BCUT2D eigenvalue weighted by atomic mass is 10.0. The first-order valence-corrected chi connectivity index (χ1v) is 5.82. The molecule has 6 heteroatoms. The van der Waals surface area contributed by atoms with Gasteiger partial charge in [-0.2, -0.15) is 0 Å². The minimum absolute atomic E-state index is 0.130. The van der Waals surface area contributed by atoms with E-state index in [1.165, 1.54) is 7.11 Å². The zero-order valence-electron chi connectivity index (χ0n) is 10.5. The molecule has 1 aliphatic rings. The fraction of sp³-hybridized carbons (Fsp3) is 0.727. The number of aromatic nitrogens is 3. The van der Waals surface area contributed by atoms with Gasteiger partial charge < -0.3 is 9.30 Å².